The van der Waals surface area contributed by atoms with Gasteiger partial charge in [-0.25, -0.2) is 0 Å². The van der Waals surface area contributed by atoms with Gasteiger partial charge < -0.3 is 5.32 Å². The van der Waals surface area contributed by atoms with E-state index in [1.165, 1.54) is 8.66 Å². The molecule has 0 aromatic carbocycles. The number of nitrogens with one attached hydrogen (secondary N) is 1. The van der Waals surface area contributed by atoms with Crippen molar-refractivity contribution in [3.8, 4) is 0 Å². The lowest BCUT2D eigenvalue weighted by Gasteiger charge is -2.17. The maximum atomic E-state index is 5.91. The van der Waals surface area contributed by atoms with Crippen LogP contribution >= 0.6 is 38.9 Å². The zero-order chi connectivity index (χ0) is 11.3. The van der Waals surface area contributed by atoms with Crippen molar-refractivity contribution in [2.75, 3.05) is 5.88 Å². The third kappa shape index (κ3) is 5.34. The fraction of sp³-hybridized carbons (Fsp3) is 0.636. The van der Waals surface area contributed by atoms with Crippen molar-refractivity contribution >= 4 is 38.9 Å². The first kappa shape index (κ1) is 13.5. The summed E-state index contributed by atoms with van der Waals surface area (Å²) in [6.07, 6.45) is 1.13. The molecule has 0 aliphatic rings. The van der Waals surface area contributed by atoms with Crippen molar-refractivity contribution in [2.24, 2.45) is 5.92 Å². The van der Waals surface area contributed by atoms with E-state index in [2.05, 4.69) is 47.2 Å². The van der Waals surface area contributed by atoms with E-state index in [-0.39, 0.29) is 0 Å². The summed E-state index contributed by atoms with van der Waals surface area (Å²) >= 11 is 11.1. The Morgan fingerprint density at radius 1 is 1.47 bits per heavy atom. The average Bonchev–Trinajstić information content (AvgIpc) is 2.58. The highest BCUT2D eigenvalue weighted by molar-refractivity contribution is 9.11. The molecule has 4 heteroatoms. The average molecular weight is 311 g/mol. The molecule has 0 saturated carbocycles. The molecule has 0 aliphatic carbocycles. The molecular weight excluding hydrogens is 294 g/mol. The summed E-state index contributed by atoms with van der Waals surface area (Å²) in [7, 11) is 0. The Hall–Kier alpha value is 0.430. The van der Waals surface area contributed by atoms with Crippen LogP contribution in [0, 0.1) is 5.92 Å². The molecule has 1 atom stereocenters. The van der Waals surface area contributed by atoms with Crippen LogP contribution < -0.4 is 5.32 Å². The number of hydrogen-bond acceptors (Lipinski definition) is 2. The van der Waals surface area contributed by atoms with Gasteiger partial charge in [-0.15, -0.1) is 22.9 Å². The first-order valence-corrected chi connectivity index (χ1v) is 7.29. The largest absolute Gasteiger partial charge is 0.308 e. The lowest BCUT2D eigenvalue weighted by molar-refractivity contribution is 0.446. The van der Waals surface area contributed by atoms with Crippen molar-refractivity contribution in [3.63, 3.8) is 0 Å². The second-order valence-corrected chi connectivity index (χ2v) is 6.92. The summed E-state index contributed by atoms with van der Waals surface area (Å²) < 4.78 is 1.19. The summed E-state index contributed by atoms with van der Waals surface area (Å²) in [5.41, 5.74) is 0. The van der Waals surface area contributed by atoms with Gasteiger partial charge in [-0.05, 0) is 40.4 Å². The summed E-state index contributed by atoms with van der Waals surface area (Å²) in [6, 6.07) is 4.65. The minimum Gasteiger partial charge on any atom is -0.308 e. The van der Waals surface area contributed by atoms with Crippen molar-refractivity contribution in [1.82, 2.24) is 5.32 Å². The van der Waals surface area contributed by atoms with Crippen molar-refractivity contribution < 1.29 is 0 Å². The van der Waals surface area contributed by atoms with Crippen LogP contribution in [0.25, 0.3) is 0 Å². The number of hydrogen-bond donors (Lipinski definition) is 1. The standard InChI is InChI=1S/C11H17BrClNS/c1-8(2)5-9(6-13)14-7-10-3-4-11(12)15-10/h3-4,8-9,14H,5-7H2,1-2H3. The molecular formula is C11H17BrClNS. The molecule has 0 saturated heterocycles. The van der Waals surface area contributed by atoms with E-state index in [0.717, 1.165) is 13.0 Å². The van der Waals surface area contributed by atoms with E-state index < -0.39 is 0 Å². The molecule has 1 unspecified atom stereocenters. The normalized spacial score (nSPS) is 13.4. The molecule has 15 heavy (non-hydrogen) atoms. The lowest BCUT2D eigenvalue weighted by atomic mass is 10.1. The van der Waals surface area contributed by atoms with Crippen LogP contribution in [-0.2, 0) is 6.54 Å². The van der Waals surface area contributed by atoms with Gasteiger partial charge in [0.25, 0.3) is 0 Å². The van der Waals surface area contributed by atoms with E-state index in [9.17, 15) is 0 Å². The van der Waals surface area contributed by atoms with Gasteiger partial charge >= 0.3 is 0 Å². The van der Waals surface area contributed by atoms with Crippen LogP contribution in [0.5, 0.6) is 0 Å². The summed E-state index contributed by atoms with van der Waals surface area (Å²) in [5, 5.41) is 3.49. The molecule has 0 spiro atoms. The van der Waals surface area contributed by atoms with Crippen LogP contribution in [0.15, 0.2) is 15.9 Å². The zero-order valence-corrected chi connectivity index (χ0v) is 12.3. The molecule has 1 aromatic heterocycles. The lowest BCUT2D eigenvalue weighted by Crippen LogP contribution is -2.31. The molecule has 0 amide bonds. The SMILES string of the molecule is CC(C)CC(CCl)NCc1ccc(Br)s1. The maximum Gasteiger partial charge on any atom is 0.0701 e. The molecule has 0 aliphatic heterocycles. The Labute approximate surface area is 109 Å². The third-order valence-electron chi connectivity index (χ3n) is 2.14. The maximum absolute atomic E-state index is 5.91. The van der Waals surface area contributed by atoms with Gasteiger partial charge in [0.15, 0.2) is 0 Å². The summed E-state index contributed by atoms with van der Waals surface area (Å²) in [6.45, 7) is 5.37. The van der Waals surface area contributed by atoms with Crippen molar-refractivity contribution in [2.45, 2.75) is 32.9 Å². The Bertz CT molecular complexity index is 288. The van der Waals surface area contributed by atoms with Gasteiger partial charge in [0.2, 0.25) is 0 Å². The first-order chi connectivity index (χ1) is 7.11. The highest BCUT2D eigenvalue weighted by atomic mass is 79.9. The van der Waals surface area contributed by atoms with E-state index in [0.29, 0.717) is 17.8 Å². The summed E-state index contributed by atoms with van der Waals surface area (Å²) in [5.74, 6) is 1.38. The first-order valence-electron chi connectivity index (χ1n) is 5.15. The van der Waals surface area contributed by atoms with Crippen LogP contribution in [-0.4, -0.2) is 11.9 Å². The summed E-state index contributed by atoms with van der Waals surface area (Å²) in [4.78, 5) is 1.35. The molecule has 1 aromatic rings. The number of alkyl halides is 1. The zero-order valence-electron chi connectivity index (χ0n) is 9.09. The molecule has 1 rings (SSSR count). The Morgan fingerprint density at radius 2 is 2.20 bits per heavy atom. The molecule has 1 heterocycles. The van der Waals surface area contributed by atoms with E-state index >= 15 is 0 Å². The van der Waals surface area contributed by atoms with Gasteiger partial charge in [0.1, 0.15) is 0 Å². The minimum absolute atomic E-state index is 0.424. The third-order valence-corrected chi connectivity index (χ3v) is 4.13. The molecule has 0 fully saturated rings. The smallest absolute Gasteiger partial charge is 0.0701 e. The van der Waals surface area contributed by atoms with Gasteiger partial charge in [0, 0.05) is 23.3 Å². The number of thiophene rings is 1. The molecule has 1 N–H and O–H groups in total. The molecule has 0 radical (unpaired) electrons. The second kappa shape index (κ2) is 6.89. The molecule has 0 bridgehead atoms. The quantitative estimate of drug-likeness (QED) is 0.774. The van der Waals surface area contributed by atoms with Gasteiger partial charge in [-0.1, -0.05) is 13.8 Å². The van der Waals surface area contributed by atoms with E-state index in [4.69, 9.17) is 11.6 Å². The highest BCUT2D eigenvalue weighted by Gasteiger charge is 2.09. The predicted octanol–water partition coefficient (Wildman–Crippen LogP) is 4.25. The number of halogens is 2. The van der Waals surface area contributed by atoms with E-state index in [1.807, 2.05) is 0 Å². The fourth-order valence-electron chi connectivity index (χ4n) is 1.46. The Balaban J connectivity index is 2.34. The molecule has 1 nitrogen and oxygen atoms in total. The monoisotopic (exact) mass is 309 g/mol. The van der Waals surface area contributed by atoms with Crippen molar-refractivity contribution in [3.05, 3.63) is 20.8 Å². The van der Waals surface area contributed by atoms with Crippen LogP contribution in [0.4, 0.5) is 0 Å². The van der Waals surface area contributed by atoms with Gasteiger partial charge in [-0.2, -0.15) is 0 Å². The Kier molecular flexibility index (Phi) is 6.20. The van der Waals surface area contributed by atoms with Crippen LogP contribution in [0.1, 0.15) is 25.1 Å². The minimum atomic E-state index is 0.424. The predicted molar refractivity (Wildman–Crippen MR) is 72.8 cm³/mol. The van der Waals surface area contributed by atoms with Gasteiger partial charge in [-0.3, -0.25) is 0 Å². The number of rotatable bonds is 6. The van der Waals surface area contributed by atoms with Crippen LogP contribution in [0.2, 0.25) is 0 Å². The topological polar surface area (TPSA) is 12.0 Å². The van der Waals surface area contributed by atoms with E-state index in [1.54, 1.807) is 11.3 Å². The highest BCUT2D eigenvalue weighted by Crippen LogP contribution is 2.22. The fourth-order valence-corrected chi connectivity index (χ4v) is 3.13. The molecule has 86 valence electrons. The second-order valence-electron chi connectivity index (χ2n) is 4.07. The Morgan fingerprint density at radius 3 is 2.67 bits per heavy atom. The van der Waals surface area contributed by atoms with Crippen molar-refractivity contribution in [1.29, 1.82) is 0 Å². The van der Waals surface area contributed by atoms with Gasteiger partial charge in [0.05, 0.1) is 3.79 Å². The van der Waals surface area contributed by atoms with Crippen LogP contribution in [0.3, 0.4) is 0 Å².